The Labute approximate surface area is 99.1 Å². The Morgan fingerprint density at radius 1 is 1.36 bits per heavy atom. The van der Waals surface area contributed by atoms with Crippen molar-refractivity contribution in [2.45, 2.75) is 19.8 Å². The highest BCUT2D eigenvalue weighted by molar-refractivity contribution is 9.10. The van der Waals surface area contributed by atoms with Crippen molar-refractivity contribution in [3.63, 3.8) is 0 Å². The monoisotopic (exact) mass is 272 g/mol. The van der Waals surface area contributed by atoms with E-state index in [4.69, 9.17) is 11.6 Å². The molecule has 0 fully saturated rings. The Bertz CT molecular complexity index is 301. The normalized spacial score (nSPS) is 11.8. The molecule has 2 heteroatoms. The fourth-order valence-electron chi connectivity index (χ4n) is 1.30. The number of benzene rings is 1. The average Bonchev–Trinajstić information content (AvgIpc) is 2.18. The second kappa shape index (κ2) is 6.26. The summed E-state index contributed by atoms with van der Waals surface area (Å²) in [6.07, 6.45) is 4.18. The van der Waals surface area contributed by atoms with Crippen LogP contribution in [0.15, 0.2) is 40.4 Å². The van der Waals surface area contributed by atoms with E-state index in [1.54, 1.807) is 0 Å². The second-order valence-electron chi connectivity index (χ2n) is 3.33. The first-order valence-corrected chi connectivity index (χ1v) is 6.01. The molecule has 76 valence electrons. The van der Waals surface area contributed by atoms with Gasteiger partial charge in [0.1, 0.15) is 0 Å². The Hall–Kier alpha value is -0.270. The van der Waals surface area contributed by atoms with Crippen LogP contribution in [0.4, 0.5) is 0 Å². The highest BCUT2D eigenvalue weighted by Crippen LogP contribution is 2.13. The van der Waals surface area contributed by atoms with Crippen LogP contribution in [0.25, 0.3) is 0 Å². The van der Waals surface area contributed by atoms with Crippen LogP contribution in [-0.4, -0.2) is 5.88 Å². The zero-order chi connectivity index (χ0) is 10.4. The average molecular weight is 274 g/mol. The van der Waals surface area contributed by atoms with Gasteiger partial charge in [-0.15, -0.1) is 11.6 Å². The molecule has 0 saturated carbocycles. The molecule has 0 aromatic heterocycles. The summed E-state index contributed by atoms with van der Waals surface area (Å²) in [5.74, 6) is 0.706. The number of halogens is 2. The van der Waals surface area contributed by atoms with Crippen molar-refractivity contribution < 1.29 is 0 Å². The van der Waals surface area contributed by atoms with Gasteiger partial charge in [0, 0.05) is 10.4 Å². The molecule has 0 spiro atoms. The summed E-state index contributed by atoms with van der Waals surface area (Å²) in [6.45, 7) is 2.15. The zero-order valence-corrected chi connectivity index (χ0v) is 10.6. The summed E-state index contributed by atoms with van der Waals surface area (Å²) in [5, 5.41) is 0. The van der Waals surface area contributed by atoms with Gasteiger partial charge in [-0.2, -0.15) is 0 Å². The minimum atomic E-state index is 0.706. The molecule has 1 rings (SSSR count). The molecule has 0 bridgehead atoms. The summed E-state index contributed by atoms with van der Waals surface area (Å²) in [5.41, 5.74) is 2.73. The molecule has 0 aliphatic rings. The Balaban J connectivity index is 2.56. The maximum atomic E-state index is 5.62. The molecule has 0 N–H and O–H groups in total. The van der Waals surface area contributed by atoms with Crippen molar-refractivity contribution in [1.82, 2.24) is 0 Å². The topological polar surface area (TPSA) is 0 Å². The third kappa shape index (κ3) is 4.30. The fourth-order valence-corrected chi connectivity index (χ4v) is 1.67. The van der Waals surface area contributed by atoms with Crippen LogP contribution in [-0.2, 0) is 6.42 Å². The molecule has 0 heterocycles. The predicted molar refractivity (Wildman–Crippen MR) is 66.9 cm³/mol. The van der Waals surface area contributed by atoms with Crippen LogP contribution in [0.3, 0.4) is 0 Å². The molecule has 14 heavy (non-hydrogen) atoms. The van der Waals surface area contributed by atoms with Crippen molar-refractivity contribution in [1.29, 1.82) is 0 Å². The van der Waals surface area contributed by atoms with E-state index in [-0.39, 0.29) is 0 Å². The molecule has 0 aliphatic heterocycles. The molecular formula is C12H14BrCl. The number of rotatable bonds is 4. The van der Waals surface area contributed by atoms with Crippen LogP contribution in [0.1, 0.15) is 18.9 Å². The van der Waals surface area contributed by atoms with E-state index in [1.165, 1.54) is 11.1 Å². The first-order valence-electron chi connectivity index (χ1n) is 4.68. The lowest BCUT2D eigenvalue weighted by Crippen LogP contribution is -1.86. The third-order valence-corrected chi connectivity index (χ3v) is 2.75. The van der Waals surface area contributed by atoms with Crippen LogP contribution in [0.2, 0.25) is 0 Å². The highest BCUT2D eigenvalue weighted by Gasteiger charge is 1.94. The van der Waals surface area contributed by atoms with E-state index in [9.17, 15) is 0 Å². The minimum Gasteiger partial charge on any atom is -0.126 e. The van der Waals surface area contributed by atoms with Gasteiger partial charge in [-0.3, -0.25) is 0 Å². The van der Waals surface area contributed by atoms with Gasteiger partial charge >= 0.3 is 0 Å². The highest BCUT2D eigenvalue weighted by atomic mass is 79.9. The maximum Gasteiger partial charge on any atom is 0.0258 e. The number of alkyl halides is 1. The molecular weight excluding hydrogens is 259 g/mol. The standard InChI is InChI=1S/C12H14BrCl/c1-10(3-2-8-14)9-11-4-6-12(13)7-5-11/h3-7H,2,8-9H2,1H3. The lowest BCUT2D eigenvalue weighted by atomic mass is 10.1. The van der Waals surface area contributed by atoms with Gasteiger partial charge in [-0.25, -0.2) is 0 Å². The Morgan fingerprint density at radius 2 is 2.00 bits per heavy atom. The van der Waals surface area contributed by atoms with Crippen LogP contribution in [0.5, 0.6) is 0 Å². The molecule has 1 aromatic carbocycles. The van der Waals surface area contributed by atoms with Gasteiger partial charge in [0.2, 0.25) is 0 Å². The van der Waals surface area contributed by atoms with Gasteiger partial charge in [-0.1, -0.05) is 39.7 Å². The van der Waals surface area contributed by atoms with Crippen LogP contribution < -0.4 is 0 Å². The van der Waals surface area contributed by atoms with E-state index in [0.29, 0.717) is 5.88 Å². The quantitative estimate of drug-likeness (QED) is 0.557. The van der Waals surface area contributed by atoms with E-state index in [1.807, 2.05) is 0 Å². The smallest absolute Gasteiger partial charge is 0.0258 e. The summed E-state index contributed by atoms with van der Waals surface area (Å²) in [4.78, 5) is 0. The molecule has 0 saturated heterocycles. The van der Waals surface area contributed by atoms with Crippen molar-refractivity contribution in [2.24, 2.45) is 0 Å². The first-order chi connectivity index (χ1) is 6.72. The number of hydrogen-bond donors (Lipinski definition) is 0. The first kappa shape index (κ1) is 11.8. The minimum absolute atomic E-state index is 0.706. The van der Waals surface area contributed by atoms with Gasteiger partial charge in [0.15, 0.2) is 0 Å². The summed E-state index contributed by atoms with van der Waals surface area (Å²) in [6, 6.07) is 8.43. The van der Waals surface area contributed by atoms with Crippen LogP contribution in [0, 0.1) is 0 Å². The maximum absolute atomic E-state index is 5.62. The van der Waals surface area contributed by atoms with Crippen molar-refractivity contribution >= 4 is 27.5 Å². The number of hydrogen-bond acceptors (Lipinski definition) is 0. The molecule has 0 unspecified atom stereocenters. The molecule has 0 radical (unpaired) electrons. The van der Waals surface area contributed by atoms with Gasteiger partial charge in [0.25, 0.3) is 0 Å². The fraction of sp³-hybridized carbons (Fsp3) is 0.333. The lowest BCUT2D eigenvalue weighted by molar-refractivity contribution is 1.09. The number of allylic oxidation sites excluding steroid dienone is 2. The largest absolute Gasteiger partial charge is 0.126 e. The van der Waals surface area contributed by atoms with E-state index in [0.717, 1.165) is 17.3 Å². The van der Waals surface area contributed by atoms with E-state index < -0.39 is 0 Å². The Kier molecular flexibility index (Phi) is 5.28. The van der Waals surface area contributed by atoms with Crippen molar-refractivity contribution in [3.05, 3.63) is 46.0 Å². The molecule has 0 aliphatic carbocycles. The predicted octanol–water partition coefficient (Wildman–Crippen LogP) is 4.57. The van der Waals surface area contributed by atoms with Gasteiger partial charge < -0.3 is 0 Å². The zero-order valence-electron chi connectivity index (χ0n) is 8.26. The second-order valence-corrected chi connectivity index (χ2v) is 4.63. The van der Waals surface area contributed by atoms with Crippen molar-refractivity contribution in [2.75, 3.05) is 5.88 Å². The summed E-state index contributed by atoms with van der Waals surface area (Å²) in [7, 11) is 0. The van der Waals surface area contributed by atoms with Crippen molar-refractivity contribution in [3.8, 4) is 0 Å². The molecule has 0 amide bonds. The van der Waals surface area contributed by atoms with Gasteiger partial charge in [-0.05, 0) is 37.5 Å². The third-order valence-electron chi connectivity index (χ3n) is 2.00. The molecule has 1 aromatic rings. The van der Waals surface area contributed by atoms with Gasteiger partial charge in [0.05, 0.1) is 0 Å². The molecule has 0 nitrogen and oxygen atoms in total. The Morgan fingerprint density at radius 3 is 2.57 bits per heavy atom. The van der Waals surface area contributed by atoms with E-state index >= 15 is 0 Å². The SMILES string of the molecule is CC(=CCCCl)Cc1ccc(Br)cc1. The van der Waals surface area contributed by atoms with E-state index in [2.05, 4.69) is 53.2 Å². The summed E-state index contributed by atoms with van der Waals surface area (Å²) < 4.78 is 1.13. The van der Waals surface area contributed by atoms with Crippen LogP contribution >= 0.6 is 27.5 Å². The molecule has 0 atom stereocenters. The lowest BCUT2D eigenvalue weighted by Gasteiger charge is -2.01. The summed E-state index contributed by atoms with van der Waals surface area (Å²) >= 11 is 9.04.